The van der Waals surface area contributed by atoms with Crippen LogP contribution >= 0.6 is 0 Å². The molecular formula is C14H20N2O3. The van der Waals surface area contributed by atoms with Gasteiger partial charge in [-0.25, -0.2) is 0 Å². The van der Waals surface area contributed by atoms with Gasteiger partial charge in [0.1, 0.15) is 5.75 Å². The second-order valence-corrected chi connectivity index (χ2v) is 5.48. The number of amides is 2. The van der Waals surface area contributed by atoms with Crippen LogP contribution in [0.2, 0.25) is 0 Å². The third-order valence-electron chi connectivity index (χ3n) is 2.58. The normalized spacial score (nSPS) is 10.9. The fourth-order valence-corrected chi connectivity index (χ4v) is 1.32. The lowest BCUT2D eigenvalue weighted by Crippen LogP contribution is -2.39. The van der Waals surface area contributed by atoms with Crippen LogP contribution in [0.1, 0.15) is 26.3 Å². The lowest BCUT2D eigenvalue weighted by atomic mass is 9.96. The molecule has 104 valence electrons. The first-order chi connectivity index (χ1) is 8.70. The van der Waals surface area contributed by atoms with E-state index in [0.717, 1.165) is 5.56 Å². The molecule has 3 N–H and O–H groups in total. The Labute approximate surface area is 113 Å². The Hall–Kier alpha value is -2.04. The van der Waals surface area contributed by atoms with Crippen molar-refractivity contribution in [2.24, 2.45) is 5.41 Å². The van der Waals surface area contributed by atoms with Crippen LogP contribution in [0.3, 0.4) is 0 Å². The van der Waals surface area contributed by atoms with Crippen molar-refractivity contribution in [2.75, 3.05) is 11.9 Å². The number of hydrogen-bond acceptors (Lipinski definition) is 3. The minimum atomic E-state index is -0.525. The molecule has 0 radical (unpaired) electrons. The third-order valence-corrected chi connectivity index (χ3v) is 2.58. The molecule has 0 aliphatic heterocycles. The summed E-state index contributed by atoms with van der Waals surface area (Å²) in [7, 11) is 0. The average molecular weight is 264 g/mol. The smallest absolute Gasteiger partial charge is 0.243 e. The minimum absolute atomic E-state index is 0.0925. The van der Waals surface area contributed by atoms with Crippen molar-refractivity contribution in [3.63, 3.8) is 0 Å². The van der Waals surface area contributed by atoms with E-state index < -0.39 is 5.41 Å². The molecule has 1 aromatic rings. The van der Waals surface area contributed by atoms with Gasteiger partial charge in [0.15, 0.2) is 0 Å². The lowest BCUT2D eigenvalue weighted by Gasteiger charge is -2.17. The Morgan fingerprint density at radius 1 is 1.26 bits per heavy atom. The number of aromatic hydroxyl groups is 1. The number of rotatable bonds is 3. The van der Waals surface area contributed by atoms with Crippen LogP contribution in [0.25, 0.3) is 0 Å². The number of nitrogens with one attached hydrogen (secondary N) is 2. The van der Waals surface area contributed by atoms with Crippen LogP contribution in [0.15, 0.2) is 18.2 Å². The fourth-order valence-electron chi connectivity index (χ4n) is 1.32. The SMILES string of the molecule is Cc1ccc(NC(=O)CNC(=O)C(C)(C)C)cc1O. The molecule has 0 atom stereocenters. The molecule has 0 aliphatic carbocycles. The first kappa shape index (κ1) is 15.0. The molecule has 0 aliphatic rings. The van der Waals surface area contributed by atoms with Gasteiger partial charge in [0.25, 0.3) is 0 Å². The summed E-state index contributed by atoms with van der Waals surface area (Å²) < 4.78 is 0. The highest BCUT2D eigenvalue weighted by Gasteiger charge is 2.21. The first-order valence-electron chi connectivity index (χ1n) is 6.08. The molecule has 5 nitrogen and oxygen atoms in total. The summed E-state index contributed by atoms with van der Waals surface area (Å²) in [6, 6.07) is 4.87. The molecular weight excluding hydrogens is 244 g/mol. The van der Waals surface area contributed by atoms with E-state index in [1.807, 2.05) is 0 Å². The van der Waals surface area contributed by atoms with Gasteiger partial charge in [0, 0.05) is 17.2 Å². The van der Waals surface area contributed by atoms with Crippen LogP contribution < -0.4 is 10.6 Å². The van der Waals surface area contributed by atoms with Gasteiger partial charge in [-0.3, -0.25) is 9.59 Å². The zero-order valence-electron chi connectivity index (χ0n) is 11.7. The summed E-state index contributed by atoms with van der Waals surface area (Å²) >= 11 is 0. The van der Waals surface area contributed by atoms with E-state index in [4.69, 9.17) is 0 Å². The van der Waals surface area contributed by atoms with E-state index in [2.05, 4.69) is 10.6 Å². The predicted molar refractivity (Wildman–Crippen MR) is 73.9 cm³/mol. The highest BCUT2D eigenvalue weighted by atomic mass is 16.3. The number of phenolic OH excluding ortho intramolecular Hbond substituents is 1. The number of hydrogen-bond donors (Lipinski definition) is 3. The summed E-state index contributed by atoms with van der Waals surface area (Å²) in [6.07, 6.45) is 0. The molecule has 0 saturated heterocycles. The maximum atomic E-state index is 11.6. The summed E-state index contributed by atoms with van der Waals surface area (Å²) in [5.41, 5.74) is 0.708. The third kappa shape index (κ3) is 4.62. The summed E-state index contributed by atoms with van der Waals surface area (Å²) in [5.74, 6) is -0.396. The molecule has 0 bridgehead atoms. The van der Waals surface area contributed by atoms with Gasteiger partial charge in [-0.2, -0.15) is 0 Å². The van der Waals surface area contributed by atoms with Crippen molar-refractivity contribution in [3.8, 4) is 5.75 Å². The molecule has 0 aromatic heterocycles. The second kappa shape index (κ2) is 5.73. The van der Waals surface area contributed by atoms with Crippen LogP contribution in [0.5, 0.6) is 5.75 Å². The summed E-state index contributed by atoms with van der Waals surface area (Å²) in [5, 5.41) is 14.7. The monoisotopic (exact) mass is 264 g/mol. The molecule has 5 heteroatoms. The molecule has 19 heavy (non-hydrogen) atoms. The van der Waals surface area contributed by atoms with Crippen molar-refractivity contribution in [2.45, 2.75) is 27.7 Å². The highest BCUT2D eigenvalue weighted by molar-refractivity contribution is 5.95. The van der Waals surface area contributed by atoms with Gasteiger partial charge < -0.3 is 15.7 Å². The van der Waals surface area contributed by atoms with Gasteiger partial charge in [-0.05, 0) is 18.6 Å². The Balaban J connectivity index is 2.52. The number of phenols is 1. The number of carbonyl (C=O) groups excluding carboxylic acids is 2. The molecule has 0 fully saturated rings. The molecule has 0 spiro atoms. The number of carbonyl (C=O) groups is 2. The van der Waals surface area contributed by atoms with Gasteiger partial charge in [-0.15, -0.1) is 0 Å². The standard InChI is InChI=1S/C14H20N2O3/c1-9-5-6-10(7-11(9)17)16-12(18)8-15-13(19)14(2,3)4/h5-7,17H,8H2,1-4H3,(H,15,19)(H,16,18). The first-order valence-corrected chi connectivity index (χ1v) is 6.08. The average Bonchev–Trinajstić information content (AvgIpc) is 2.29. The van der Waals surface area contributed by atoms with E-state index in [1.54, 1.807) is 39.8 Å². The minimum Gasteiger partial charge on any atom is -0.508 e. The Kier molecular flexibility index (Phi) is 4.53. The molecule has 0 saturated carbocycles. The van der Waals surface area contributed by atoms with E-state index in [1.165, 1.54) is 6.07 Å². The molecule has 1 aromatic carbocycles. The fraction of sp³-hybridized carbons (Fsp3) is 0.429. The zero-order chi connectivity index (χ0) is 14.6. The zero-order valence-corrected chi connectivity index (χ0v) is 11.7. The van der Waals surface area contributed by atoms with Gasteiger partial charge in [0.05, 0.1) is 6.54 Å². The topological polar surface area (TPSA) is 78.4 Å². The second-order valence-electron chi connectivity index (χ2n) is 5.48. The molecule has 2 amide bonds. The van der Waals surface area contributed by atoms with E-state index in [9.17, 15) is 14.7 Å². The van der Waals surface area contributed by atoms with Crippen molar-refractivity contribution in [3.05, 3.63) is 23.8 Å². The molecule has 0 heterocycles. The predicted octanol–water partition coefficient (Wildman–Crippen LogP) is 1.80. The Morgan fingerprint density at radius 2 is 1.89 bits per heavy atom. The summed E-state index contributed by atoms with van der Waals surface area (Å²) in [6.45, 7) is 7.00. The number of benzene rings is 1. The highest BCUT2D eigenvalue weighted by Crippen LogP contribution is 2.20. The van der Waals surface area contributed by atoms with E-state index in [-0.39, 0.29) is 24.1 Å². The Morgan fingerprint density at radius 3 is 2.42 bits per heavy atom. The van der Waals surface area contributed by atoms with Crippen molar-refractivity contribution < 1.29 is 14.7 Å². The van der Waals surface area contributed by atoms with Gasteiger partial charge >= 0.3 is 0 Å². The largest absolute Gasteiger partial charge is 0.508 e. The van der Waals surface area contributed by atoms with E-state index >= 15 is 0 Å². The number of anilines is 1. The Bertz CT molecular complexity index is 490. The molecule has 1 rings (SSSR count). The maximum absolute atomic E-state index is 11.6. The quantitative estimate of drug-likeness (QED) is 0.779. The van der Waals surface area contributed by atoms with Crippen LogP contribution in [-0.4, -0.2) is 23.5 Å². The van der Waals surface area contributed by atoms with Crippen molar-refractivity contribution >= 4 is 17.5 Å². The van der Waals surface area contributed by atoms with Gasteiger partial charge in [0.2, 0.25) is 11.8 Å². The van der Waals surface area contributed by atoms with Crippen molar-refractivity contribution in [1.29, 1.82) is 0 Å². The van der Waals surface area contributed by atoms with Crippen LogP contribution in [0, 0.1) is 12.3 Å². The lowest BCUT2D eigenvalue weighted by molar-refractivity contribution is -0.130. The van der Waals surface area contributed by atoms with Crippen LogP contribution in [0.4, 0.5) is 5.69 Å². The van der Waals surface area contributed by atoms with E-state index in [0.29, 0.717) is 5.69 Å². The van der Waals surface area contributed by atoms with Crippen LogP contribution in [-0.2, 0) is 9.59 Å². The molecule has 0 unspecified atom stereocenters. The van der Waals surface area contributed by atoms with Crippen molar-refractivity contribution in [1.82, 2.24) is 5.32 Å². The summed E-state index contributed by atoms with van der Waals surface area (Å²) in [4.78, 5) is 23.2. The maximum Gasteiger partial charge on any atom is 0.243 e. The van der Waals surface area contributed by atoms with Gasteiger partial charge in [-0.1, -0.05) is 26.8 Å². The number of aryl methyl sites for hydroxylation is 1.